The van der Waals surface area contributed by atoms with Crippen molar-refractivity contribution in [1.29, 1.82) is 0 Å². The molecule has 0 atom stereocenters. The molecule has 3 aromatic rings. The number of para-hydroxylation sites is 1. The maximum atomic E-state index is 13.9. The van der Waals surface area contributed by atoms with E-state index in [-0.39, 0.29) is 28.3 Å². The molecule has 0 spiro atoms. The maximum Gasteiger partial charge on any atom is 0.162 e. The first kappa shape index (κ1) is 25.4. The van der Waals surface area contributed by atoms with Crippen LogP contribution in [0.4, 0.5) is 0 Å². The molecule has 0 N–H and O–H groups in total. The highest BCUT2D eigenvalue weighted by molar-refractivity contribution is 9.10. The Kier molecular flexibility index (Phi) is 5.88. The molecule has 196 valence electrons. The predicted molar refractivity (Wildman–Crippen MR) is 156 cm³/mol. The van der Waals surface area contributed by atoms with Gasteiger partial charge in [-0.15, -0.1) is 0 Å². The second-order valence-corrected chi connectivity index (χ2v) is 13.8. The Balaban J connectivity index is 1.60. The third-order valence-electron chi connectivity index (χ3n) is 8.61. The van der Waals surface area contributed by atoms with Crippen LogP contribution in [-0.4, -0.2) is 28.1 Å². The Morgan fingerprint density at radius 3 is 1.97 bits per heavy atom. The Morgan fingerprint density at radius 2 is 1.37 bits per heavy atom. The van der Waals surface area contributed by atoms with Gasteiger partial charge in [0.25, 0.3) is 0 Å². The number of nitrogens with zero attached hydrogens (tertiary/aromatic N) is 2. The van der Waals surface area contributed by atoms with Gasteiger partial charge in [-0.05, 0) is 46.9 Å². The molecule has 6 rings (SSSR count). The van der Waals surface area contributed by atoms with Crippen LogP contribution < -0.4 is 0 Å². The maximum absolute atomic E-state index is 13.9. The van der Waals surface area contributed by atoms with Crippen LogP contribution in [0.3, 0.4) is 0 Å². The molecule has 2 aromatic carbocycles. The summed E-state index contributed by atoms with van der Waals surface area (Å²) in [6.45, 7) is 9.43. The highest BCUT2D eigenvalue weighted by Gasteiger charge is 2.48. The number of benzene rings is 2. The zero-order valence-corrected chi connectivity index (χ0v) is 24.5. The van der Waals surface area contributed by atoms with Crippen molar-refractivity contribution in [2.24, 2.45) is 10.8 Å². The lowest BCUT2D eigenvalue weighted by Crippen LogP contribution is -2.43. The Labute approximate surface area is 233 Å². The van der Waals surface area contributed by atoms with Gasteiger partial charge in [0.15, 0.2) is 11.6 Å². The number of Topliss-reactive ketones (excluding diaryl/α,β-unsaturated/α-hetero) is 2. The first-order chi connectivity index (χ1) is 18.0. The Morgan fingerprint density at radius 1 is 0.816 bits per heavy atom. The number of hydrogen-bond acceptors (Lipinski definition) is 3. The van der Waals surface area contributed by atoms with Crippen molar-refractivity contribution in [2.45, 2.75) is 65.8 Å². The van der Waals surface area contributed by atoms with Crippen LogP contribution in [0.15, 0.2) is 81.7 Å². The summed E-state index contributed by atoms with van der Waals surface area (Å²) in [4.78, 5) is 30.1. The summed E-state index contributed by atoms with van der Waals surface area (Å²) in [5.41, 5.74) is 7.05. The zero-order chi connectivity index (χ0) is 27.0. The lowest BCUT2D eigenvalue weighted by atomic mass is 9.64. The molecule has 3 aliphatic rings. The summed E-state index contributed by atoms with van der Waals surface area (Å²) in [6, 6.07) is 16.7. The molecule has 2 heterocycles. The van der Waals surface area contributed by atoms with Gasteiger partial charge in [0.1, 0.15) is 0 Å². The van der Waals surface area contributed by atoms with Crippen LogP contribution in [0, 0.1) is 10.8 Å². The van der Waals surface area contributed by atoms with E-state index in [4.69, 9.17) is 0 Å². The fourth-order valence-electron chi connectivity index (χ4n) is 6.92. The molecule has 1 aromatic heterocycles. The van der Waals surface area contributed by atoms with E-state index in [1.807, 2.05) is 6.07 Å². The molecular formula is C33H35BrN2O2. The van der Waals surface area contributed by atoms with Crippen molar-refractivity contribution in [3.63, 3.8) is 0 Å². The number of hydrogen-bond donors (Lipinski definition) is 0. The standard InChI is InChI=1S/C33H35BrN2O2/c1-32(2)14-25-30(27(37)16-32)29(31-26(35(25)5)15-33(3,4)17-28(31)38)22-19-36(24-13-9-7-11-21(22)24)18-20-10-6-8-12-23(20)34/h6-13,19,29H,14-18H2,1-5H3. The minimum Gasteiger partial charge on any atom is -0.351 e. The molecule has 0 saturated heterocycles. The minimum atomic E-state index is -0.325. The highest BCUT2D eigenvalue weighted by Crippen LogP contribution is 2.54. The molecule has 5 heteroatoms. The van der Waals surface area contributed by atoms with Gasteiger partial charge in [-0.25, -0.2) is 0 Å². The van der Waals surface area contributed by atoms with E-state index in [2.05, 4.69) is 109 Å². The van der Waals surface area contributed by atoms with Gasteiger partial charge in [0, 0.05) is 76.5 Å². The number of carbonyl (C=O) groups excluding carboxylic acids is 2. The van der Waals surface area contributed by atoms with Crippen molar-refractivity contribution in [3.05, 3.63) is 92.9 Å². The van der Waals surface area contributed by atoms with Crippen molar-refractivity contribution in [1.82, 2.24) is 9.47 Å². The predicted octanol–water partition coefficient (Wildman–Crippen LogP) is 7.77. The third kappa shape index (κ3) is 4.10. The topological polar surface area (TPSA) is 42.3 Å². The molecule has 0 fully saturated rings. The van der Waals surface area contributed by atoms with Crippen LogP contribution in [0.2, 0.25) is 0 Å². The largest absolute Gasteiger partial charge is 0.351 e. The first-order valence-electron chi connectivity index (χ1n) is 13.5. The SMILES string of the molecule is CN1C2=C(C(=O)CC(C)(C)C2)C(c2cn(Cc3ccccc3Br)c3ccccc23)C2=C1CC(C)(C)CC2=O. The Hall–Kier alpha value is -2.92. The molecule has 0 amide bonds. The number of rotatable bonds is 3. The van der Waals surface area contributed by atoms with Gasteiger partial charge in [-0.2, -0.15) is 0 Å². The quantitative estimate of drug-likeness (QED) is 0.323. The summed E-state index contributed by atoms with van der Waals surface area (Å²) < 4.78 is 3.35. The fourth-order valence-corrected chi connectivity index (χ4v) is 7.33. The van der Waals surface area contributed by atoms with Crippen LogP contribution in [0.5, 0.6) is 0 Å². The monoisotopic (exact) mass is 570 g/mol. The summed E-state index contributed by atoms with van der Waals surface area (Å²) in [6.07, 6.45) is 4.89. The van der Waals surface area contributed by atoms with E-state index in [0.29, 0.717) is 19.4 Å². The molecule has 0 bridgehead atoms. The van der Waals surface area contributed by atoms with Gasteiger partial charge >= 0.3 is 0 Å². The van der Waals surface area contributed by atoms with Crippen molar-refractivity contribution >= 4 is 38.4 Å². The van der Waals surface area contributed by atoms with Crippen molar-refractivity contribution in [2.75, 3.05) is 7.05 Å². The van der Waals surface area contributed by atoms with Gasteiger partial charge < -0.3 is 9.47 Å². The lowest BCUT2D eigenvalue weighted by molar-refractivity contribution is -0.119. The summed E-state index contributed by atoms with van der Waals surface area (Å²) in [5.74, 6) is 0.0357. The van der Waals surface area contributed by atoms with E-state index in [1.165, 1.54) is 5.56 Å². The van der Waals surface area contributed by atoms with E-state index in [1.54, 1.807) is 0 Å². The lowest BCUT2D eigenvalue weighted by Gasteiger charge is -2.47. The smallest absolute Gasteiger partial charge is 0.162 e. The normalized spacial score (nSPS) is 21.3. The molecular weight excluding hydrogens is 536 g/mol. The van der Waals surface area contributed by atoms with Gasteiger partial charge in [-0.1, -0.05) is 80.0 Å². The molecule has 1 aliphatic heterocycles. The average molecular weight is 572 g/mol. The number of ketones is 2. The number of carbonyl (C=O) groups is 2. The first-order valence-corrected chi connectivity index (χ1v) is 14.3. The summed E-state index contributed by atoms with van der Waals surface area (Å²) >= 11 is 3.71. The fraction of sp³-hybridized carbons (Fsp3) is 0.394. The molecule has 0 radical (unpaired) electrons. The zero-order valence-electron chi connectivity index (χ0n) is 22.9. The van der Waals surface area contributed by atoms with Crippen LogP contribution >= 0.6 is 15.9 Å². The Bertz CT molecular complexity index is 1510. The molecule has 4 nitrogen and oxygen atoms in total. The second-order valence-electron chi connectivity index (χ2n) is 12.9. The second kappa shape index (κ2) is 8.81. The van der Waals surface area contributed by atoms with Crippen molar-refractivity contribution < 1.29 is 9.59 Å². The molecule has 0 saturated carbocycles. The van der Waals surface area contributed by atoms with E-state index in [9.17, 15) is 9.59 Å². The van der Waals surface area contributed by atoms with Gasteiger partial charge in [-0.3, -0.25) is 9.59 Å². The minimum absolute atomic E-state index is 0.103. The number of halogens is 1. The van der Waals surface area contributed by atoms with E-state index >= 15 is 0 Å². The number of aromatic nitrogens is 1. The highest BCUT2D eigenvalue weighted by atomic mass is 79.9. The third-order valence-corrected chi connectivity index (χ3v) is 9.38. The van der Waals surface area contributed by atoms with Gasteiger partial charge in [0.05, 0.1) is 0 Å². The van der Waals surface area contributed by atoms with E-state index in [0.717, 1.165) is 56.3 Å². The number of allylic oxidation sites excluding steroid dienone is 4. The molecule has 0 unspecified atom stereocenters. The van der Waals surface area contributed by atoms with Crippen LogP contribution in [0.1, 0.15) is 70.4 Å². The average Bonchev–Trinajstić information content (AvgIpc) is 3.19. The van der Waals surface area contributed by atoms with Crippen LogP contribution in [0.25, 0.3) is 10.9 Å². The van der Waals surface area contributed by atoms with Gasteiger partial charge in [0.2, 0.25) is 0 Å². The molecule has 2 aliphatic carbocycles. The number of fused-ring (bicyclic) bond motifs is 1. The van der Waals surface area contributed by atoms with E-state index < -0.39 is 0 Å². The van der Waals surface area contributed by atoms with Crippen molar-refractivity contribution in [3.8, 4) is 0 Å². The summed E-state index contributed by atoms with van der Waals surface area (Å²) in [5, 5.41) is 1.11. The van der Waals surface area contributed by atoms with Crippen LogP contribution in [-0.2, 0) is 16.1 Å². The summed E-state index contributed by atoms with van der Waals surface area (Å²) in [7, 11) is 2.07. The molecule has 38 heavy (non-hydrogen) atoms.